The highest BCUT2D eigenvalue weighted by molar-refractivity contribution is 6.08. The van der Waals surface area contributed by atoms with Crippen molar-refractivity contribution in [3.05, 3.63) is 131 Å². The van der Waals surface area contributed by atoms with Gasteiger partial charge in [-0.25, -0.2) is 0 Å². The van der Waals surface area contributed by atoms with Gasteiger partial charge in [-0.1, -0.05) is 92.7 Å². The molecule has 5 aromatic carbocycles. The van der Waals surface area contributed by atoms with E-state index in [-0.39, 0.29) is 5.41 Å². The van der Waals surface area contributed by atoms with E-state index in [1.165, 1.54) is 75.6 Å². The molecule has 4 aliphatic rings. The van der Waals surface area contributed by atoms with Gasteiger partial charge in [-0.3, -0.25) is 0 Å². The van der Waals surface area contributed by atoms with E-state index in [2.05, 4.69) is 133 Å². The Kier molecular flexibility index (Phi) is 5.97. The van der Waals surface area contributed by atoms with Crippen LogP contribution in [0.1, 0.15) is 67.3 Å². The van der Waals surface area contributed by atoms with Crippen molar-refractivity contribution in [2.45, 2.75) is 50.5 Å². The molecule has 224 valence electrons. The molecule has 3 heterocycles. The van der Waals surface area contributed by atoms with Gasteiger partial charge >= 0.3 is 0 Å². The van der Waals surface area contributed by atoms with Crippen molar-refractivity contribution in [3.8, 4) is 16.9 Å². The van der Waals surface area contributed by atoms with Gasteiger partial charge in [-0.05, 0) is 83.7 Å². The normalized spacial score (nSPS) is 19.0. The number of benzene rings is 5. The summed E-state index contributed by atoms with van der Waals surface area (Å²) in [4.78, 5) is 5.01. The second kappa shape index (κ2) is 10.0. The number of hydrogen-bond donors (Lipinski definition) is 0. The van der Waals surface area contributed by atoms with Crippen LogP contribution >= 0.6 is 0 Å². The van der Waals surface area contributed by atoms with Crippen molar-refractivity contribution in [2.75, 3.05) is 36.0 Å². The van der Waals surface area contributed by atoms with Gasteiger partial charge in [0.1, 0.15) is 5.75 Å². The summed E-state index contributed by atoms with van der Waals surface area (Å²) in [6.45, 7) is 9.30. The molecular weight excluding hydrogens is 548 g/mol. The Morgan fingerprint density at radius 1 is 0.600 bits per heavy atom. The van der Waals surface area contributed by atoms with Crippen LogP contribution in [0.3, 0.4) is 0 Å². The third kappa shape index (κ3) is 3.96. The van der Waals surface area contributed by atoms with Crippen LogP contribution in [0.25, 0.3) is 28.0 Å². The van der Waals surface area contributed by atoms with Crippen molar-refractivity contribution < 1.29 is 4.74 Å². The number of ether oxygens (including phenoxy) is 1. The summed E-state index contributed by atoms with van der Waals surface area (Å²) in [6.07, 6.45) is 9.80. The summed E-state index contributed by atoms with van der Waals surface area (Å²) in [7, 11) is 0. The number of nitrogens with zero attached hydrogens (tertiary/aromatic N) is 2. The van der Waals surface area contributed by atoms with Crippen LogP contribution in [0.2, 0.25) is 0 Å². The fraction of sp³-hybridized carbons (Fsp3) is 0.286. The second-order valence-electron chi connectivity index (χ2n) is 13.9. The zero-order valence-electron chi connectivity index (χ0n) is 26.4. The first-order valence-electron chi connectivity index (χ1n) is 16.8. The van der Waals surface area contributed by atoms with E-state index >= 15 is 0 Å². The van der Waals surface area contributed by atoms with E-state index in [0.717, 1.165) is 43.1 Å². The van der Waals surface area contributed by atoms with Crippen LogP contribution in [0, 0.1) is 0 Å². The van der Waals surface area contributed by atoms with E-state index in [0.29, 0.717) is 0 Å². The summed E-state index contributed by atoms with van der Waals surface area (Å²) in [5, 5.41) is 2.44. The first-order chi connectivity index (χ1) is 22.0. The lowest BCUT2D eigenvalue weighted by atomic mass is 9.77. The van der Waals surface area contributed by atoms with Gasteiger partial charge in [0.15, 0.2) is 5.60 Å². The van der Waals surface area contributed by atoms with Crippen molar-refractivity contribution in [1.82, 2.24) is 0 Å². The highest BCUT2D eigenvalue weighted by Gasteiger charge is 2.44. The minimum atomic E-state index is -0.743. The highest BCUT2D eigenvalue weighted by atomic mass is 16.5. The summed E-state index contributed by atoms with van der Waals surface area (Å²) < 4.78 is 7.54. The van der Waals surface area contributed by atoms with Gasteiger partial charge in [0.25, 0.3) is 0 Å². The highest BCUT2D eigenvalue weighted by Crippen LogP contribution is 2.58. The first kappa shape index (κ1) is 26.9. The van der Waals surface area contributed by atoms with Gasteiger partial charge in [-0.2, -0.15) is 0 Å². The molecule has 0 amide bonds. The van der Waals surface area contributed by atoms with E-state index < -0.39 is 5.60 Å². The van der Waals surface area contributed by atoms with Gasteiger partial charge in [0.05, 0.1) is 0 Å². The maximum absolute atomic E-state index is 7.54. The quantitative estimate of drug-likeness (QED) is 0.208. The molecule has 3 heteroatoms. The fourth-order valence-corrected chi connectivity index (χ4v) is 8.67. The lowest BCUT2D eigenvalue weighted by Gasteiger charge is -2.38. The maximum atomic E-state index is 7.54. The maximum Gasteiger partial charge on any atom is 0.178 e. The summed E-state index contributed by atoms with van der Waals surface area (Å²) >= 11 is 0. The number of anilines is 2. The smallest absolute Gasteiger partial charge is 0.178 e. The molecule has 1 aliphatic carbocycles. The molecule has 0 atom stereocenters. The minimum Gasteiger partial charge on any atom is -0.472 e. The summed E-state index contributed by atoms with van der Waals surface area (Å²) in [6, 6.07) is 36.2. The molecule has 2 saturated heterocycles. The standard InChI is InChI=1S/C42H40N2O/c1-41(2)37-14-6-5-13-35(37)38-33-11-3-4-12-34(33)40-36(39(38)41)23-24-42(45-40,29-15-19-31(20-16-29)43-25-7-8-26-43)30-17-21-32(22-18-30)44-27-9-10-28-44/h3-6,11-24H,7-10,25-28H2,1-2H3. The molecule has 3 nitrogen and oxygen atoms in total. The summed E-state index contributed by atoms with van der Waals surface area (Å²) in [5.41, 5.74) is 10.7. The first-order valence-corrected chi connectivity index (χ1v) is 16.8. The number of rotatable bonds is 4. The zero-order chi connectivity index (χ0) is 30.2. The molecule has 0 aromatic heterocycles. The number of hydrogen-bond acceptors (Lipinski definition) is 3. The molecule has 0 spiro atoms. The summed E-state index contributed by atoms with van der Waals surface area (Å²) in [5.74, 6) is 0.986. The predicted molar refractivity (Wildman–Crippen MR) is 188 cm³/mol. The molecule has 45 heavy (non-hydrogen) atoms. The van der Waals surface area contributed by atoms with Crippen LogP contribution in [0.5, 0.6) is 5.75 Å². The fourth-order valence-electron chi connectivity index (χ4n) is 8.67. The SMILES string of the molecule is CC1(C)c2ccccc2-c2c1c1c(c3ccccc23)OC(c2ccc(N3CCCC3)cc2)(c2ccc(N3CCCC3)cc2)C=C1. The lowest BCUT2D eigenvalue weighted by Crippen LogP contribution is -2.35. The number of fused-ring (bicyclic) bond motifs is 8. The molecule has 2 fully saturated rings. The lowest BCUT2D eigenvalue weighted by molar-refractivity contribution is 0.163. The largest absolute Gasteiger partial charge is 0.472 e. The van der Waals surface area contributed by atoms with E-state index in [1.807, 2.05) is 0 Å². The average Bonchev–Trinajstić information content (AvgIpc) is 3.87. The van der Waals surface area contributed by atoms with Crippen molar-refractivity contribution in [3.63, 3.8) is 0 Å². The third-order valence-corrected chi connectivity index (χ3v) is 11.0. The Bertz CT molecular complexity index is 1900. The topological polar surface area (TPSA) is 15.7 Å². The van der Waals surface area contributed by atoms with E-state index in [4.69, 9.17) is 4.74 Å². The van der Waals surface area contributed by atoms with Crippen molar-refractivity contribution in [2.24, 2.45) is 0 Å². The molecule has 0 unspecified atom stereocenters. The van der Waals surface area contributed by atoms with Crippen LogP contribution in [-0.2, 0) is 11.0 Å². The third-order valence-electron chi connectivity index (χ3n) is 11.0. The molecule has 0 saturated carbocycles. The van der Waals surface area contributed by atoms with Crippen LogP contribution < -0.4 is 14.5 Å². The van der Waals surface area contributed by atoms with Gasteiger partial charge in [0.2, 0.25) is 0 Å². The zero-order valence-corrected chi connectivity index (χ0v) is 26.4. The van der Waals surface area contributed by atoms with E-state index in [1.54, 1.807) is 0 Å². The van der Waals surface area contributed by atoms with Gasteiger partial charge in [-0.15, -0.1) is 0 Å². The Balaban J connectivity index is 1.25. The van der Waals surface area contributed by atoms with E-state index in [9.17, 15) is 0 Å². The monoisotopic (exact) mass is 588 g/mol. The molecule has 0 N–H and O–H groups in total. The second-order valence-corrected chi connectivity index (χ2v) is 13.9. The molecular formula is C42H40N2O. The minimum absolute atomic E-state index is 0.136. The van der Waals surface area contributed by atoms with Crippen LogP contribution in [0.4, 0.5) is 11.4 Å². The van der Waals surface area contributed by atoms with Gasteiger partial charge in [0, 0.05) is 65.0 Å². The van der Waals surface area contributed by atoms with Crippen molar-refractivity contribution >= 4 is 28.2 Å². The Hall–Kier alpha value is -4.50. The molecule has 9 rings (SSSR count). The molecule has 5 aromatic rings. The Labute approximate surface area is 266 Å². The molecule has 3 aliphatic heterocycles. The van der Waals surface area contributed by atoms with Gasteiger partial charge < -0.3 is 14.5 Å². The van der Waals surface area contributed by atoms with Crippen LogP contribution in [0.15, 0.2) is 103 Å². The molecule has 0 bridgehead atoms. The average molecular weight is 589 g/mol. The predicted octanol–water partition coefficient (Wildman–Crippen LogP) is 9.70. The Morgan fingerprint density at radius 2 is 1.13 bits per heavy atom. The molecule has 0 radical (unpaired) electrons. The Morgan fingerprint density at radius 3 is 1.73 bits per heavy atom. The van der Waals surface area contributed by atoms with Crippen molar-refractivity contribution in [1.29, 1.82) is 0 Å². The van der Waals surface area contributed by atoms with Crippen LogP contribution in [-0.4, -0.2) is 26.2 Å².